The molecule has 0 atom stereocenters. The van der Waals surface area contributed by atoms with Crippen LogP contribution in [-0.2, 0) is 10.0 Å². The monoisotopic (exact) mass is 278 g/mol. The zero-order valence-electron chi connectivity index (χ0n) is 10.4. The van der Waals surface area contributed by atoms with E-state index in [1.165, 1.54) is 10.6 Å². The second-order valence-electron chi connectivity index (χ2n) is 4.45. The van der Waals surface area contributed by atoms with Gasteiger partial charge in [0.15, 0.2) is 0 Å². The van der Waals surface area contributed by atoms with E-state index in [2.05, 4.69) is 15.3 Å². The third kappa shape index (κ3) is 2.28. The van der Waals surface area contributed by atoms with Gasteiger partial charge in [0.2, 0.25) is 16.0 Å². The molecule has 1 aliphatic heterocycles. The molecule has 6 nitrogen and oxygen atoms in total. The molecule has 0 bridgehead atoms. The highest BCUT2D eigenvalue weighted by atomic mass is 32.2. The molecule has 0 spiro atoms. The topological polar surface area (TPSA) is 77.6 Å². The molecule has 19 heavy (non-hydrogen) atoms. The first-order valence-electron chi connectivity index (χ1n) is 5.90. The molecule has 2 aromatic rings. The van der Waals surface area contributed by atoms with Gasteiger partial charge in [-0.05, 0) is 23.6 Å². The van der Waals surface area contributed by atoms with Crippen molar-refractivity contribution in [2.45, 2.75) is 0 Å². The molecule has 2 N–H and O–H groups in total. The lowest BCUT2D eigenvalue weighted by Gasteiger charge is -2.18. The van der Waals surface area contributed by atoms with Crippen molar-refractivity contribution < 1.29 is 8.42 Å². The van der Waals surface area contributed by atoms with Crippen molar-refractivity contribution in [1.82, 2.24) is 9.29 Å². The highest BCUT2D eigenvalue weighted by Gasteiger charge is 2.25. The van der Waals surface area contributed by atoms with Gasteiger partial charge >= 0.3 is 0 Å². The van der Waals surface area contributed by atoms with Gasteiger partial charge in [-0.25, -0.2) is 12.7 Å². The van der Waals surface area contributed by atoms with Crippen molar-refractivity contribution in [3.8, 4) is 0 Å². The maximum atomic E-state index is 11.6. The smallest absolute Gasteiger partial charge is 0.234 e. The number of guanidine groups is 1. The molecule has 100 valence electrons. The fraction of sp³-hybridized carbons (Fsp3) is 0.250. The number of benzene rings is 1. The van der Waals surface area contributed by atoms with Crippen LogP contribution in [-0.4, -0.2) is 43.0 Å². The lowest BCUT2D eigenvalue weighted by Crippen LogP contribution is -2.37. The van der Waals surface area contributed by atoms with Gasteiger partial charge in [0.05, 0.1) is 19.3 Å². The van der Waals surface area contributed by atoms with E-state index >= 15 is 0 Å². The normalized spacial score (nSPS) is 15.8. The molecule has 7 heteroatoms. The Morgan fingerprint density at radius 2 is 2.21 bits per heavy atom. The van der Waals surface area contributed by atoms with Crippen LogP contribution in [0.4, 0.5) is 5.69 Å². The Morgan fingerprint density at radius 3 is 3.00 bits per heavy atom. The van der Waals surface area contributed by atoms with Gasteiger partial charge in [0.1, 0.15) is 0 Å². The molecule has 0 amide bonds. The average molecular weight is 278 g/mol. The number of aromatic nitrogens is 1. The maximum absolute atomic E-state index is 11.6. The minimum Gasteiger partial charge on any atom is -0.361 e. The first-order chi connectivity index (χ1) is 9.04. The van der Waals surface area contributed by atoms with Crippen LogP contribution in [0, 0.1) is 0 Å². The molecule has 1 aromatic heterocycles. The first-order valence-corrected chi connectivity index (χ1v) is 7.75. The zero-order valence-corrected chi connectivity index (χ0v) is 11.2. The Labute approximate surface area is 111 Å². The number of sulfonamides is 1. The molecule has 1 aromatic carbocycles. The highest BCUT2D eigenvalue weighted by Crippen LogP contribution is 2.19. The Balaban J connectivity index is 1.88. The quantitative estimate of drug-likeness (QED) is 0.866. The Kier molecular flexibility index (Phi) is 2.70. The van der Waals surface area contributed by atoms with E-state index in [1.54, 1.807) is 0 Å². The van der Waals surface area contributed by atoms with Crippen molar-refractivity contribution in [2.75, 3.05) is 24.7 Å². The largest absolute Gasteiger partial charge is 0.361 e. The molecular formula is C12H14N4O2S. The minimum atomic E-state index is -3.27. The summed E-state index contributed by atoms with van der Waals surface area (Å²) in [5.41, 5.74) is 1.80. The lowest BCUT2D eigenvalue weighted by atomic mass is 10.2. The van der Waals surface area contributed by atoms with Crippen LogP contribution in [0.5, 0.6) is 0 Å². The highest BCUT2D eigenvalue weighted by molar-refractivity contribution is 7.88. The summed E-state index contributed by atoms with van der Waals surface area (Å²) >= 11 is 0. The van der Waals surface area contributed by atoms with Crippen molar-refractivity contribution in [3.05, 3.63) is 30.5 Å². The number of aliphatic imine (C=N–C) groups is 1. The number of nitrogens with zero attached hydrogens (tertiary/aromatic N) is 2. The van der Waals surface area contributed by atoms with Crippen molar-refractivity contribution in [1.29, 1.82) is 0 Å². The standard InChI is InChI=1S/C12H14N4O2S/c1-19(17,18)16-7-6-14-12(16)15-10-3-2-9-4-5-13-11(9)8-10/h2-5,8,13H,6-7H2,1H3,(H,14,15). The van der Waals surface area contributed by atoms with Gasteiger partial charge in [-0.2, -0.15) is 0 Å². The average Bonchev–Trinajstić information content (AvgIpc) is 2.95. The van der Waals surface area contributed by atoms with Crippen LogP contribution in [0.3, 0.4) is 0 Å². The summed E-state index contributed by atoms with van der Waals surface area (Å²) < 4.78 is 24.5. The number of hydrogen-bond acceptors (Lipinski definition) is 4. The maximum Gasteiger partial charge on any atom is 0.234 e. The van der Waals surface area contributed by atoms with E-state index in [0.717, 1.165) is 16.6 Å². The summed E-state index contributed by atoms with van der Waals surface area (Å²) in [4.78, 5) is 7.30. The van der Waals surface area contributed by atoms with E-state index < -0.39 is 10.0 Å². The summed E-state index contributed by atoms with van der Waals surface area (Å²) in [7, 11) is -3.27. The number of fused-ring (bicyclic) bond motifs is 1. The van der Waals surface area contributed by atoms with Crippen molar-refractivity contribution >= 4 is 32.6 Å². The Morgan fingerprint density at radius 1 is 1.37 bits per heavy atom. The molecule has 2 heterocycles. The van der Waals surface area contributed by atoms with Crippen LogP contribution in [0.25, 0.3) is 10.9 Å². The van der Waals surface area contributed by atoms with Gasteiger partial charge in [-0.3, -0.25) is 4.99 Å². The van der Waals surface area contributed by atoms with Crippen LogP contribution < -0.4 is 5.32 Å². The molecule has 0 aliphatic carbocycles. The summed E-state index contributed by atoms with van der Waals surface area (Å²) in [5, 5.41) is 4.17. The van der Waals surface area contributed by atoms with Gasteiger partial charge in [0, 0.05) is 17.4 Å². The van der Waals surface area contributed by atoms with E-state index in [1.807, 2.05) is 30.5 Å². The van der Waals surface area contributed by atoms with E-state index in [0.29, 0.717) is 19.0 Å². The van der Waals surface area contributed by atoms with E-state index in [9.17, 15) is 8.42 Å². The summed E-state index contributed by atoms with van der Waals surface area (Å²) in [6, 6.07) is 7.78. The van der Waals surface area contributed by atoms with Crippen molar-refractivity contribution in [2.24, 2.45) is 4.99 Å². The molecule has 0 saturated carbocycles. The van der Waals surface area contributed by atoms with Gasteiger partial charge < -0.3 is 10.3 Å². The number of aromatic amines is 1. The number of rotatable bonds is 2. The molecule has 0 fully saturated rings. The minimum absolute atomic E-state index is 0.383. The van der Waals surface area contributed by atoms with Gasteiger partial charge in [-0.1, -0.05) is 6.07 Å². The lowest BCUT2D eigenvalue weighted by molar-refractivity contribution is 0.544. The van der Waals surface area contributed by atoms with Crippen LogP contribution >= 0.6 is 0 Å². The number of H-pyrrole nitrogens is 1. The SMILES string of the molecule is CS(=O)(=O)N1CCN=C1Nc1ccc2cc[nH]c2c1. The summed E-state index contributed by atoms with van der Waals surface area (Å²) in [6.45, 7) is 0.881. The fourth-order valence-corrected chi connectivity index (χ4v) is 2.94. The Hall–Kier alpha value is -2.02. The summed E-state index contributed by atoms with van der Waals surface area (Å²) in [6.07, 6.45) is 3.05. The third-order valence-electron chi connectivity index (χ3n) is 3.01. The van der Waals surface area contributed by atoms with E-state index in [-0.39, 0.29) is 0 Å². The zero-order chi connectivity index (χ0) is 13.5. The van der Waals surface area contributed by atoms with Gasteiger partial charge in [-0.15, -0.1) is 0 Å². The third-order valence-corrected chi connectivity index (χ3v) is 4.17. The predicted molar refractivity (Wildman–Crippen MR) is 75.8 cm³/mol. The number of hydrogen-bond donors (Lipinski definition) is 2. The molecular weight excluding hydrogens is 264 g/mol. The fourth-order valence-electron chi connectivity index (χ4n) is 2.11. The van der Waals surface area contributed by atoms with Gasteiger partial charge in [0.25, 0.3) is 0 Å². The first kappa shape index (κ1) is 12.0. The van der Waals surface area contributed by atoms with Crippen LogP contribution in [0.2, 0.25) is 0 Å². The van der Waals surface area contributed by atoms with Crippen molar-refractivity contribution in [3.63, 3.8) is 0 Å². The second-order valence-corrected chi connectivity index (χ2v) is 6.35. The van der Waals surface area contributed by atoms with Crippen LogP contribution in [0.1, 0.15) is 0 Å². The Bertz CT molecular complexity index is 748. The van der Waals surface area contributed by atoms with E-state index in [4.69, 9.17) is 0 Å². The molecule has 0 radical (unpaired) electrons. The number of anilines is 1. The molecule has 1 aliphatic rings. The summed E-state index contributed by atoms with van der Waals surface area (Å²) in [5.74, 6) is 0.383. The molecule has 0 saturated heterocycles. The van der Waals surface area contributed by atoms with Crippen LogP contribution in [0.15, 0.2) is 35.5 Å². The predicted octanol–water partition coefficient (Wildman–Crippen LogP) is 1.21. The molecule has 0 unspecified atom stereocenters. The second kappa shape index (κ2) is 4.27. The molecule has 3 rings (SSSR count). The number of nitrogens with one attached hydrogen (secondary N) is 2.